The SMILES string of the molecule is [2H]C([2H])([2H])NC(=O)c1nnccc1Nc1nccc2c1N(C)Cc1cn(C)nc1-2. The number of carbonyl (C=O) groups excluding carboxylic acids is 1. The van der Waals surface area contributed by atoms with E-state index in [1.54, 1.807) is 10.9 Å². The van der Waals surface area contributed by atoms with E-state index in [0.29, 0.717) is 18.1 Å². The molecule has 0 bridgehead atoms. The van der Waals surface area contributed by atoms with Crippen molar-refractivity contribution in [1.29, 1.82) is 0 Å². The zero-order chi connectivity index (χ0) is 20.8. The van der Waals surface area contributed by atoms with Crippen molar-refractivity contribution in [2.75, 3.05) is 24.2 Å². The second-order valence-corrected chi connectivity index (χ2v) is 5.96. The molecule has 0 unspecified atom stereocenters. The van der Waals surface area contributed by atoms with Crippen molar-refractivity contribution in [1.82, 2.24) is 30.3 Å². The van der Waals surface area contributed by atoms with Crippen LogP contribution >= 0.6 is 0 Å². The van der Waals surface area contributed by atoms with Crippen molar-refractivity contribution in [2.24, 2.45) is 7.05 Å². The largest absolute Gasteiger partial charge is 0.367 e. The van der Waals surface area contributed by atoms with Crippen molar-refractivity contribution in [3.05, 3.63) is 42.0 Å². The number of aryl methyl sites for hydroxylation is 1. The molecule has 0 atom stereocenters. The van der Waals surface area contributed by atoms with E-state index >= 15 is 0 Å². The first-order valence-corrected chi connectivity index (χ1v) is 7.87. The van der Waals surface area contributed by atoms with Gasteiger partial charge in [0.1, 0.15) is 0 Å². The molecule has 0 saturated heterocycles. The fraction of sp³-hybridized carbons (Fsp3) is 0.235. The molecule has 4 rings (SSSR count). The first kappa shape index (κ1) is 12.8. The molecular formula is C17H18N8O. The van der Waals surface area contributed by atoms with Crippen LogP contribution in [0.25, 0.3) is 11.3 Å². The minimum atomic E-state index is -2.63. The normalized spacial score (nSPS) is 14.5. The second kappa shape index (κ2) is 6.10. The van der Waals surface area contributed by atoms with E-state index in [1.165, 1.54) is 12.3 Å². The smallest absolute Gasteiger partial charge is 0.273 e. The van der Waals surface area contributed by atoms with Crippen LogP contribution in [0.4, 0.5) is 17.2 Å². The van der Waals surface area contributed by atoms with Gasteiger partial charge in [-0.1, -0.05) is 0 Å². The number of aromatic nitrogens is 5. The van der Waals surface area contributed by atoms with Crippen LogP contribution in [-0.4, -0.2) is 44.9 Å². The predicted molar refractivity (Wildman–Crippen MR) is 97.3 cm³/mol. The molecule has 0 spiro atoms. The van der Waals surface area contributed by atoms with Crippen molar-refractivity contribution in [3.63, 3.8) is 0 Å². The summed E-state index contributed by atoms with van der Waals surface area (Å²) in [4.78, 5) is 18.8. The van der Waals surface area contributed by atoms with Gasteiger partial charge in [-0.3, -0.25) is 9.48 Å². The van der Waals surface area contributed by atoms with E-state index in [0.717, 1.165) is 22.5 Å². The number of nitrogens with one attached hydrogen (secondary N) is 2. The Balaban J connectivity index is 1.74. The molecule has 1 amide bonds. The molecule has 26 heavy (non-hydrogen) atoms. The number of pyridine rings is 1. The summed E-state index contributed by atoms with van der Waals surface area (Å²) in [7, 11) is 3.81. The summed E-state index contributed by atoms with van der Waals surface area (Å²) in [5, 5.41) is 17.1. The summed E-state index contributed by atoms with van der Waals surface area (Å²) in [6.07, 6.45) is 5.03. The zero-order valence-electron chi connectivity index (χ0n) is 17.2. The second-order valence-electron chi connectivity index (χ2n) is 5.96. The molecule has 132 valence electrons. The van der Waals surface area contributed by atoms with E-state index in [2.05, 4.69) is 25.6 Å². The molecule has 0 saturated carbocycles. The monoisotopic (exact) mass is 353 g/mol. The molecule has 1 aliphatic rings. The molecule has 3 aromatic heterocycles. The summed E-state index contributed by atoms with van der Waals surface area (Å²) in [6.45, 7) is -1.98. The maximum atomic E-state index is 12.3. The Morgan fingerprint density at radius 2 is 2.19 bits per heavy atom. The molecular weight excluding hydrogens is 332 g/mol. The summed E-state index contributed by atoms with van der Waals surface area (Å²) < 4.78 is 23.5. The van der Waals surface area contributed by atoms with Crippen molar-refractivity contribution < 1.29 is 8.91 Å². The highest BCUT2D eigenvalue weighted by molar-refractivity contribution is 5.99. The molecule has 0 fully saturated rings. The Kier molecular flexibility index (Phi) is 3.01. The third-order valence-corrected chi connectivity index (χ3v) is 4.18. The number of hydrogen-bond acceptors (Lipinski definition) is 7. The molecule has 0 aliphatic carbocycles. The lowest BCUT2D eigenvalue weighted by molar-refractivity contribution is 0.0958. The fourth-order valence-electron chi connectivity index (χ4n) is 3.12. The molecule has 2 N–H and O–H groups in total. The molecule has 1 aliphatic heterocycles. The minimum Gasteiger partial charge on any atom is -0.367 e. The number of nitrogens with zero attached hydrogens (tertiary/aromatic N) is 6. The number of anilines is 3. The van der Waals surface area contributed by atoms with Crippen molar-refractivity contribution in [3.8, 4) is 11.3 Å². The van der Waals surface area contributed by atoms with Gasteiger partial charge < -0.3 is 15.5 Å². The van der Waals surface area contributed by atoms with Gasteiger partial charge in [-0.15, -0.1) is 5.10 Å². The van der Waals surface area contributed by atoms with E-state index in [-0.39, 0.29) is 5.69 Å². The molecule has 3 aromatic rings. The maximum Gasteiger partial charge on any atom is 0.273 e. The van der Waals surface area contributed by atoms with Crippen LogP contribution in [0.3, 0.4) is 0 Å². The number of carbonyl (C=O) groups is 1. The van der Waals surface area contributed by atoms with Gasteiger partial charge in [-0.05, 0) is 12.1 Å². The predicted octanol–water partition coefficient (Wildman–Crippen LogP) is 1.33. The van der Waals surface area contributed by atoms with E-state index in [4.69, 9.17) is 4.11 Å². The van der Waals surface area contributed by atoms with Gasteiger partial charge in [0.05, 0.1) is 23.3 Å². The van der Waals surface area contributed by atoms with Crippen LogP contribution in [0.2, 0.25) is 0 Å². The Morgan fingerprint density at radius 1 is 1.31 bits per heavy atom. The lowest BCUT2D eigenvalue weighted by Crippen LogP contribution is -2.24. The molecule has 0 aromatic carbocycles. The van der Waals surface area contributed by atoms with E-state index in [1.807, 2.05) is 36.6 Å². The Labute approximate surface area is 154 Å². The maximum absolute atomic E-state index is 12.3. The molecule has 9 heteroatoms. The lowest BCUT2D eigenvalue weighted by Gasteiger charge is -2.28. The van der Waals surface area contributed by atoms with Gasteiger partial charge >= 0.3 is 0 Å². The average Bonchev–Trinajstić information content (AvgIpc) is 3.01. The van der Waals surface area contributed by atoms with Crippen molar-refractivity contribution >= 4 is 23.1 Å². The number of hydrogen-bond donors (Lipinski definition) is 2. The number of rotatable bonds is 3. The Hall–Kier alpha value is -3.49. The summed E-state index contributed by atoms with van der Waals surface area (Å²) in [5.74, 6) is -0.358. The zero-order valence-corrected chi connectivity index (χ0v) is 14.2. The van der Waals surface area contributed by atoms with Gasteiger partial charge in [0, 0.05) is 55.2 Å². The highest BCUT2D eigenvalue weighted by atomic mass is 16.1. The Morgan fingerprint density at radius 3 is 3.04 bits per heavy atom. The first-order chi connectivity index (χ1) is 13.7. The lowest BCUT2D eigenvalue weighted by atomic mass is 10.0. The summed E-state index contributed by atoms with van der Waals surface area (Å²) in [5.41, 5.74) is 3.85. The van der Waals surface area contributed by atoms with Gasteiger partial charge in [0.15, 0.2) is 11.5 Å². The molecule has 9 nitrogen and oxygen atoms in total. The first-order valence-electron chi connectivity index (χ1n) is 9.37. The van der Waals surface area contributed by atoms with Crippen LogP contribution in [0.5, 0.6) is 0 Å². The van der Waals surface area contributed by atoms with Crippen molar-refractivity contribution in [2.45, 2.75) is 6.54 Å². The molecule has 0 radical (unpaired) electrons. The summed E-state index contributed by atoms with van der Waals surface area (Å²) in [6, 6.07) is 3.42. The highest BCUT2D eigenvalue weighted by Gasteiger charge is 2.26. The van der Waals surface area contributed by atoms with Crippen LogP contribution in [0.15, 0.2) is 30.7 Å². The quantitative estimate of drug-likeness (QED) is 0.732. The van der Waals surface area contributed by atoms with Gasteiger partial charge in [0.25, 0.3) is 5.91 Å². The minimum absolute atomic E-state index is 0.139. The fourth-order valence-corrected chi connectivity index (χ4v) is 3.12. The van der Waals surface area contributed by atoms with E-state index in [9.17, 15) is 4.79 Å². The Bertz CT molecular complexity index is 1090. The topological polar surface area (TPSA) is 101 Å². The van der Waals surface area contributed by atoms with Crippen LogP contribution < -0.4 is 15.5 Å². The highest BCUT2D eigenvalue weighted by Crippen LogP contribution is 2.41. The van der Waals surface area contributed by atoms with Gasteiger partial charge in [-0.2, -0.15) is 10.2 Å². The molecule has 4 heterocycles. The third-order valence-electron chi connectivity index (χ3n) is 4.18. The van der Waals surface area contributed by atoms with E-state index < -0.39 is 12.9 Å². The van der Waals surface area contributed by atoms with Crippen LogP contribution in [0.1, 0.15) is 20.2 Å². The van der Waals surface area contributed by atoms with Crippen LogP contribution in [-0.2, 0) is 13.6 Å². The van der Waals surface area contributed by atoms with Gasteiger partial charge in [0.2, 0.25) is 0 Å². The van der Waals surface area contributed by atoms with Crippen LogP contribution in [0, 0.1) is 0 Å². The number of fused-ring (bicyclic) bond motifs is 3. The summed E-state index contributed by atoms with van der Waals surface area (Å²) >= 11 is 0. The van der Waals surface area contributed by atoms with Gasteiger partial charge in [-0.25, -0.2) is 4.98 Å². The number of amides is 1. The standard InChI is InChI=1S/C17H18N8O/c1-18-17(26)14-12(5-7-20-22-14)21-16-15-11(4-6-19-16)13-10(8-24(15)2)9-25(3)23-13/h4-7,9H,8H2,1-3H3,(H,18,26)(H,19,20,21)/i1D3. The third kappa shape index (κ3) is 2.53. The average molecular weight is 353 g/mol.